The van der Waals surface area contributed by atoms with Crippen molar-refractivity contribution in [2.75, 3.05) is 0 Å². The van der Waals surface area contributed by atoms with Crippen molar-refractivity contribution in [3.63, 3.8) is 0 Å². The minimum atomic E-state index is -1.16. The Morgan fingerprint density at radius 1 is 1.33 bits per heavy atom. The fourth-order valence-electron chi connectivity index (χ4n) is 1.25. The molecule has 1 unspecified atom stereocenters. The third kappa shape index (κ3) is 2.06. The molecule has 0 heterocycles. The second kappa shape index (κ2) is 3.70. The topological polar surface area (TPSA) is 46.2 Å². The Balaban J connectivity index is 2.82. The third-order valence-corrected chi connectivity index (χ3v) is 1.90. The van der Waals surface area contributed by atoms with Gasteiger partial charge in [-0.1, -0.05) is 43.7 Å². The van der Waals surface area contributed by atoms with E-state index in [0.29, 0.717) is 6.42 Å². The van der Waals surface area contributed by atoms with E-state index in [9.17, 15) is 5.11 Å². The van der Waals surface area contributed by atoms with Crippen LogP contribution in [0, 0.1) is 0 Å². The van der Waals surface area contributed by atoms with Gasteiger partial charge >= 0.3 is 0 Å². The summed E-state index contributed by atoms with van der Waals surface area (Å²) in [7, 11) is 0. The second-order valence-corrected chi connectivity index (χ2v) is 3.04. The van der Waals surface area contributed by atoms with Gasteiger partial charge in [0.25, 0.3) is 0 Å². The van der Waals surface area contributed by atoms with Gasteiger partial charge in [-0.3, -0.25) is 5.73 Å². The minimum absolute atomic E-state index is 0.594. The lowest BCUT2D eigenvalue weighted by Gasteiger charge is -2.22. The van der Waals surface area contributed by atoms with Crippen molar-refractivity contribution in [1.82, 2.24) is 0 Å². The molecule has 0 spiro atoms. The Morgan fingerprint density at radius 3 is 2.42 bits per heavy atom. The summed E-state index contributed by atoms with van der Waals surface area (Å²) in [6.07, 6.45) is 1.47. The van der Waals surface area contributed by atoms with E-state index in [1.165, 1.54) is 0 Å². The zero-order valence-electron chi connectivity index (χ0n) is 7.33. The third-order valence-electron chi connectivity index (χ3n) is 1.90. The first-order valence-corrected chi connectivity index (χ1v) is 4.23. The summed E-state index contributed by atoms with van der Waals surface area (Å²) < 4.78 is 0. The van der Waals surface area contributed by atoms with Gasteiger partial charge in [-0.05, 0) is 12.0 Å². The van der Waals surface area contributed by atoms with Crippen LogP contribution in [0.15, 0.2) is 30.3 Å². The normalized spacial score (nSPS) is 15.6. The van der Waals surface area contributed by atoms with Gasteiger partial charge in [0.2, 0.25) is 0 Å². The molecule has 0 saturated carbocycles. The van der Waals surface area contributed by atoms with Crippen molar-refractivity contribution in [2.45, 2.75) is 25.5 Å². The summed E-state index contributed by atoms with van der Waals surface area (Å²) in [4.78, 5) is 0. The van der Waals surface area contributed by atoms with Crippen LogP contribution in [-0.4, -0.2) is 5.11 Å². The minimum Gasteiger partial charge on any atom is -0.372 e. The summed E-state index contributed by atoms with van der Waals surface area (Å²) in [5, 5.41) is 9.76. The van der Waals surface area contributed by atoms with Gasteiger partial charge in [-0.2, -0.15) is 0 Å². The highest BCUT2D eigenvalue weighted by Crippen LogP contribution is 2.19. The zero-order valence-corrected chi connectivity index (χ0v) is 7.33. The molecule has 0 saturated heterocycles. The predicted molar refractivity (Wildman–Crippen MR) is 49.4 cm³/mol. The number of hydrogen-bond acceptors (Lipinski definition) is 2. The summed E-state index contributed by atoms with van der Waals surface area (Å²) in [5.41, 5.74) is 5.33. The number of benzene rings is 1. The molecule has 66 valence electrons. The highest BCUT2D eigenvalue weighted by molar-refractivity contribution is 5.20. The molecule has 0 aliphatic heterocycles. The maximum atomic E-state index is 9.76. The van der Waals surface area contributed by atoms with E-state index < -0.39 is 5.72 Å². The summed E-state index contributed by atoms with van der Waals surface area (Å²) in [5.74, 6) is 0. The van der Waals surface area contributed by atoms with Crippen LogP contribution in [0.25, 0.3) is 0 Å². The van der Waals surface area contributed by atoms with Crippen LogP contribution in [-0.2, 0) is 5.72 Å². The van der Waals surface area contributed by atoms with Crippen molar-refractivity contribution in [3.8, 4) is 0 Å². The molecule has 0 aliphatic carbocycles. The van der Waals surface area contributed by atoms with E-state index in [4.69, 9.17) is 5.73 Å². The summed E-state index contributed by atoms with van der Waals surface area (Å²) >= 11 is 0. The molecule has 2 heteroatoms. The summed E-state index contributed by atoms with van der Waals surface area (Å²) in [6, 6.07) is 9.35. The predicted octanol–water partition coefficient (Wildman–Crippen LogP) is 1.59. The van der Waals surface area contributed by atoms with Gasteiger partial charge < -0.3 is 5.11 Å². The lowest BCUT2D eigenvalue weighted by Crippen LogP contribution is -2.35. The maximum Gasteiger partial charge on any atom is 0.139 e. The standard InChI is InChI=1S/C10H15NO/c1-2-8-10(11,12)9-6-4-3-5-7-9/h3-7,12H,2,8,11H2,1H3. The molecule has 0 aliphatic rings. The maximum absolute atomic E-state index is 9.76. The van der Waals surface area contributed by atoms with E-state index >= 15 is 0 Å². The molecule has 0 radical (unpaired) electrons. The highest BCUT2D eigenvalue weighted by atomic mass is 16.3. The molecule has 0 amide bonds. The quantitative estimate of drug-likeness (QED) is 0.668. The lowest BCUT2D eigenvalue weighted by atomic mass is 9.99. The fraction of sp³-hybridized carbons (Fsp3) is 0.400. The van der Waals surface area contributed by atoms with Crippen molar-refractivity contribution in [2.24, 2.45) is 5.73 Å². The molecule has 2 nitrogen and oxygen atoms in total. The first-order chi connectivity index (χ1) is 5.67. The van der Waals surface area contributed by atoms with E-state index in [1.807, 2.05) is 37.3 Å². The Labute approximate surface area is 73.0 Å². The van der Waals surface area contributed by atoms with Gasteiger partial charge in [-0.15, -0.1) is 0 Å². The molecule has 1 rings (SSSR count). The van der Waals surface area contributed by atoms with Crippen LogP contribution in [0.3, 0.4) is 0 Å². The van der Waals surface area contributed by atoms with Crippen molar-refractivity contribution >= 4 is 0 Å². The molecule has 3 N–H and O–H groups in total. The average Bonchev–Trinajstić information content (AvgIpc) is 2.06. The van der Waals surface area contributed by atoms with Crippen molar-refractivity contribution in [1.29, 1.82) is 0 Å². The molecule has 1 atom stereocenters. The van der Waals surface area contributed by atoms with E-state index in [1.54, 1.807) is 0 Å². The molecule has 0 fully saturated rings. The van der Waals surface area contributed by atoms with Gasteiger partial charge in [0.05, 0.1) is 0 Å². The van der Waals surface area contributed by atoms with Crippen LogP contribution in [0.1, 0.15) is 25.3 Å². The van der Waals surface area contributed by atoms with Crippen LogP contribution in [0.4, 0.5) is 0 Å². The fourth-order valence-corrected chi connectivity index (χ4v) is 1.25. The molecule has 0 bridgehead atoms. The first kappa shape index (κ1) is 9.23. The second-order valence-electron chi connectivity index (χ2n) is 3.04. The largest absolute Gasteiger partial charge is 0.372 e. The smallest absolute Gasteiger partial charge is 0.139 e. The lowest BCUT2D eigenvalue weighted by molar-refractivity contribution is 0.0335. The van der Waals surface area contributed by atoms with Crippen molar-refractivity contribution < 1.29 is 5.11 Å². The SMILES string of the molecule is CCCC(N)(O)c1ccccc1. The van der Waals surface area contributed by atoms with Crippen molar-refractivity contribution in [3.05, 3.63) is 35.9 Å². The number of aliphatic hydroxyl groups is 1. The number of hydrogen-bond donors (Lipinski definition) is 2. The average molecular weight is 165 g/mol. The van der Waals surface area contributed by atoms with Crippen LogP contribution in [0.5, 0.6) is 0 Å². The van der Waals surface area contributed by atoms with Crippen LogP contribution < -0.4 is 5.73 Å². The van der Waals surface area contributed by atoms with E-state index in [0.717, 1.165) is 12.0 Å². The zero-order chi connectivity index (χ0) is 9.03. The summed E-state index contributed by atoms with van der Waals surface area (Å²) in [6.45, 7) is 2.00. The Morgan fingerprint density at radius 2 is 1.92 bits per heavy atom. The number of nitrogens with two attached hydrogens (primary N) is 1. The molecule has 1 aromatic carbocycles. The first-order valence-electron chi connectivity index (χ1n) is 4.23. The molecular weight excluding hydrogens is 150 g/mol. The molecule has 12 heavy (non-hydrogen) atoms. The molecule has 0 aromatic heterocycles. The van der Waals surface area contributed by atoms with Gasteiger partial charge in [0, 0.05) is 0 Å². The van der Waals surface area contributed by atoms with E-state index in [-0.39, 0.29) is 0 Å². The van der Waals surface area contributed by atoms with Crippen LogP contribution in [0.2, 0.25) is 0 Å². The number of rotatable bonds is 3. The highest BCUT2D eigenvalue weighted by Gasteiger charge is 2.21. The van der Waals surface area contributed by atoms with Gasteiger partial charge in [-0.25, -0.2) is 0 Å². The van der Waals surface area contributed by atoms with E-state index in [2.05, 4.69) is 0 Å². The Kier molecular flexibility index (Phi) is 2.84. The van der Waals surface area contributed by atoms with Gasteiger partial charge in [0.15, 0.2) is 0 Å². The Hall–Kier alpha value is -0.860. The Bertz CT molecular complexity index is 231. The van der Waals surface area contributed by atoms with Crippen LogP contribution >= 0.6 is 0 Å². The molecule has 1 aromatic rings. The monoisotopic (exact) mass is 165 g/mol. The molecular formula is C10H15NO. The van der Waals surface area contributed by atoms with Gasteiger partial charge in [0.1, 0.15) is 5.72 Å².